The van der Waals surface area contributed by atoms with Crippen molar-refractivity contribution in [3.63, 3.8) is 0 Å². The summed E-state index contributed by atoms with van der Waals surface area (Å²) in [6, 6.07) is 22.4. The fourth-order valence-electron chi connectivity index (χ4n) is 4.22. The Morgan fingerprint density at radius 1 is 0.964 bits per heavy atom. The SMILES string of the molecule is CN1Cc2c(ccc(-c3cccnn3)c2F)C(c2ccc3ccccc3c2)C1. The van der Waals surface area contributed by atoms with Gasteiger partial charge in [0.05, 0.1) is 5.69 Å². The molecule has 0 spiro atoms. The monoisotopic (exact) mass is 369 g/mol. The van der Waals surface area contributed by atoms with Crippen LogP contribution in [0.1, 0.15) is 22.6 Å². The lowest BCUT2D eigenvalue weighted by atomic mass is 9.83. The molecular formula is C24H20FN3. The standard InChI is InChI=1S/C24H20FN3/c1-28-14-21(18-9-8-16-5-2-3-6-17(16)13-18)19-10-11-20(24(25)22(19)15-28)23-7-4-12-26-27-23/h2-13,21H,14-15H2,1H3. The molecule has 5 rings (SSSR count). The summed E-state index contributed by atoms with van der Waals surface area (Å²) in [5.41, 5.74) is 4.13. The minimum atomic E-state index is -0.185. The first kappa shape index (κ1) is 17.0. The first-order valence-electron chi connectivity index (χ1n) is 9.47. The van der Waals surface area contributed by atoms with Crippen LogP contribution in [0.4, 0.5) is 4.39 Å². The van der Waals surface area contributed by atoms with Crippen LogP contribution in [-0.4, -0.2) is 28.7 Å². The second-order valence-corrected chi connectivity index (χ2v) is 7.46. The van der Waals surface area contributed by atoms with Gasteiger partial charge in [-0.15, -0.1) is 0 Å². The normalized spacial score (nSPS) is 16.9. The highest BCUT2D eigenvalue weighted by Gasteiger charge is 2.28. The van der Waals surface area contributed by atoms with Crippen LogP contribution in [0, 0.1) is 5.82 Å². The Morgan fingerprint density at radius 3 is 2.64 bits per heavy atom. The highest BCUT2D eigenvalue weighted by molar-refractivity contribution is 5.83. The van der Waals surface area contributed by atoms with Gasteiger partial charge in [-0.3, -0.25) is 0 Å². The predicted octanol–water partition coefficient (Wildman–Crippen LogP) is 5.01. The molecule has 138 valence electrons. The molecule has 28 heavy (non-hydrogen) atoms. The average molecular weight is 369 g/mol. The molecule has 0 amide bonds. The molecule has 0 N–H and O–H groups in total. The van der Waals surface area contributed by atoms with E-state index in [4.69, 9.17) is 0 Å². The van der Waals surface area contributed by atoms with Gasteiger partial charge in [-0.25, -0.2) is 4.39 Å². The third kappa shape index (κ3) is 2.86. The minimum Gasteiger partial charge on any atom is -0.301 e. The fraction of sp³-hybridized carbons (Fsp3) is 0.167. The predicted molar refractivity (Wildman–Crippen MR) is 110 cm³/mol. The van der Waals surface area contributed by atoms with E-state index in [1.165, 1.54) is 16.3 Å². The first-order chi connectivity index (χ1) is 13.7. The van der Waals surface area contributed by atoms with Gasteiger partial charge in [0.15, 0.2) is 0 Å². The molecule has 3 aromatic carbocycles. The van der Waals surface area contributed by atoms with Crippen molar-refractivity contribution >= 4 is 10.8 Å². The number of nitrogens with zero attached hydrogens (tertiary/aromatic N) is 3. The van der Waals surface area contributed by atoms with Crippen molar-refractivity contribution in [2.24, 2.45) is 0 Å². The quantitative estimate of drug-likeness (QED) is 0.497. The van der Waals surface area contributed by atoms with E-state index in [-0.39, 0.29) is 11.7 Å². The number of halogens is 1. The number of likely N-dealkylation sites (N-methyl/N-ethyl adjacent to an activating group) is 1. The molecule has 2 heterocycles. The van der Waals surface area contributed by atoms with Gasteiger partial charge in [-0.05, 0) is 47.1 Å². The van der Waals surface area contributed by atoms with Gasteiger partial charge in [0.2, 0.25) is 0 Å². The molecule has 3 nitrogen and oxygen atoms in total. The summed E-state index contributed by atoms with van der Waals surface area (Å²) in [6.07, 6.45) is 1.60. The molecule has 1 aliphatic heterocycles. The molecule has 0 radical (unpaired) electrons. The van der Waals surface area contributed by atoms with Crippen LogP contribution in [0.3, 0.4) is 0 Å². The zero-order valence-corrected chi connectivity index (χ0v) is 15.6. The number of hydrogen-bond acceptors (Lipinski definition) is 3. The number of aromatic nitrogens is 2. The largest absolute Gasteiger partial charge is 0.301 e. The average Bonchev–Trinajstić information content (AvgIpc) is 2.74. The highest BCUT2D eigenvalue weighted by atomic mass is 19.1. The maximum absolute atomic E-state index is 15.5. The lowest BCUT2D eigenvalue weighted by Gasteiger charge is -2.33. The first-order valence-corrected chi connectivity index (χ1v) is 9.47. The second-order valence-electron chi connectivity index (χ2n) is 7.46. The Kier molecular flexibility index (Phi) is 4.14. The number of rotatable bonds is 2. The van der Waals surface area contributed by atoms with Crippen molar-refractivity contribution in [3.05, 3.63) is 95.4 Å². The van der Waals surface area contributed by atoms with Crippen LogP contribution in [-0.2, 0) is 6.54 Å². The third-order valence-corrected chi connectivity index (χ3v) is 5.60. The van der Waals surface area contributed by atoms with Gasteiger partial charge in [-0.1, -0.05) is 48.5 Å². The van der Waals surface area contributed by atoms with Crippen LogP contribution in [0.25, 0.3) is 22.0 Å². The summed E-state index contributed by atoms with van der Waals surface area (Å²) in [4.78, 5) is 2.19. The van der Waals surface area contributed by atoms with E-state index in [2.05, 4.69) is 63.6 Å². The highest BCUT2D eigenvalue weighted by Crippen LogP contribution is 2.38. The Morgan fingerprint density at radius 2 is 1.82 bits per heavy atom. The van der Waals surface area contributed by atoms with Crippen LogP contribution in [0.5, 0.6) is 0 Å². The maximum Gasteiger partial charge on any atom is 0.137 e. The van der Waals surface area contributed by atoms with Crippen molar-refractivity contribution in [1.29, 1.82) is 0 Å². The summed E-state index contributed by atoms with van der Waals surface area (Å²) in [5, 5.41) is 10.4. The van der Waals surface area contributed by atoms with E-state index in [0.29, 0.717) is 17.8 Å². The maximum atomic E-state index is 15.5. The second kappa shape index (κ2) is 6.80. The molecule has 1 unspecified atom stereocenters. The zero-order chi connectivity index (χ0) is 19.1. The van der Waals surface area contributed by atoms with Crippen LogP contribution < -0.4 is 0 Å². The van der Waals surface area contributed by atoms with Gasteiger partial charge in [0, 0.05) is 36.3 Å². The summed E-state index contributed by atoms with van der Waals surface area (Å²) in [6.45, 7) is 1.47. The smallest absolute Gasteiger partial charge is 0.137 e. The fourth-order valence-corrected chi connectivity index (χ4v) is 4.22. The molecule has 0 saturated carbocycles. The summed E-state index contributed by atoms with van der Waals surface area (Å²) in [7, 11) is 2.05. The van der Waals surface area contributed by atoms with Crippen molar-refractivity contribution < 1.29 is 4.39 Å². The molecule has 0 saturated heterocycles. The number of fused-ring (bicyclic) bond motifs is 2. The van der Waals surface area contributed by atoms with Crippen molar-refractivity contribution in [1.82, 2.24) is 15.1 Å². The van der Waals surface area contributed by atoms with Crippen molar-refractivity contribution in [2.75, 3.05) is 13.6 Å². The van der Waals surface area contributed by atoms with Crippen molar-refractivity contribution in [3.8, 4) is 11.3 Å². The molecular weight excluding hydrogens is 349 g/mol. The van der Waals surface area contributed by atoms with Gasteiger partial charge < -0.3 is 4.90 Å². The molecule has 0 bridgehead atoms. The number of hydrogen-bond donors (Lipinski definition) is 0. The van der Waals surface area contributed by atoms with Crippen LogP contribution >= 0.6 is 0 Å². The molecule has 0 fully saturated rings. The molecule has 4 heteroatoms. The van der Waals surface area contributed by atoms with E-state index < -0.39 is 0 Å². The molecule has 1 aromatic heterocycles. The van der Waals surface area contributed by atoms with Crippen LogP contribution in [0.15, 0.2) is 72.9 Å². The van der Waals surface area contributed by atoms with Gasteiger partial charge in [0.25, 0.3) is 0 Å². The molecule has 4 aromatic rings. The van der Waals surface area contributed by atoms with Gasteiger partial charge in [0.1, 0.15) is 5.82 Å². The summed E-state index contributed by atoms with van der Waals surface area (Å²) >= 11 is 0. The number of benzene rings is 3. The summed E-state index contributed by atoms with van der Waals surface area (Å²) in [5.74, 6) is -0.0425. The Balaban J connectivity index is 1.63. The van der Waals surface area contributed by atoms with E-state index in [9.17, 15) is 0 Å². The molecule has 1 aliphatic rings. The summed E-state index contributed by atoms with van der Waals surface area (Å²) < 4.78 is 15.5. The van der Waals surface area contributed by atoms with Crippen molar-refractivity contribution in [2.45, 2.75) is 12.5 Å². The third-order valence-electron chi connectivity index (χ3n) is 5.60. The Labute approximate surface area is 163 Å². The molecule has 1 atom stereocenters. The van der Waals surface area contributed by atoms with Gasteiger partial charge in [-0.2, -0.15) is 10.2 Å². The lowest BCUT2D eigenvalue weighted by Crippen LogP contribution is -2.31. The van der Waals surface area contributed by atoms with Gasteiger partial charge >= 0.3 is 0 Å². The molecule has 0 aliphatic carbocycles. The van der Waals surface area contributed by atoms with E-state index in [0.717, 1.165) is 17.7 Å². The minimum absolute atomic E-state index is 0.142. The zero-order valence-electron chi connectivity index (χ0n) is 15.6. The Hall–Kier alpha value is -3.11. The van der Waals surface area contributed by atoms with E-state index in [1.54, 1.807) is 18.3 Å². The van der Waals surface area contributed by atoms with Crippen LogP contribution in [0.2, 0.25) is 0 Å². The topological polar surface area (TPSA) is 29.0 Å². The lowest BCUT2D eigenvalue weighted by molar-refractivity contribution is 0.289. The van der Waals surface area contributed by atoms with E-state index in [1.807, 2.05) is 13.1 Å². The van der Waals surface area contributed by atoms with E-state index >= 15 is 4.39 Å². The Bertz CT molecular complexity index is 1160.